The molecule has 4 N–H and O–H groups in total. The Bertz CT molecular complexity index is 889. The lowest BCUT2D eigenvalue weighted by Crippen LogP contribution is -2.40. The van der Waals surface area contributed by atoms with Crippen molar-refractivity contribution in [3.05, 3.63) is 66.4 Å². The van der Waals surface area contributed by atoms with Crippen molar-refractivity contribution in [1.29, 1.82) is 0 Å². The van der Waals surface area contributed by atoms with Gasteiger partial charge in [0.2, 0.25) is 5.91 Å². The topological polar surface area (TPSA) is 94.2 Å². The monoisotopic (exact) mass is 351 g/mol. The molecule has 0 bridgehead atoms. The van der Waals surface area contributed by atoms with Gasteiger partial charge in [-0.15, -0.1) is 0 Å². The van der Waals surface area contributed by atoms with E-state index in [1.807, 2.05) is 48.7 Å². The summed E-state index contributed by atoms with van der Waals surface area (Å²) in [5.41, 5.74) is 2.82. The van der Waals surface area contributed by atoms with Gasteiger partial charge in [-0.2, -0.15) is 0 Å². The number of hydrogen-bond donors (Lipinski definition) is 4. The van der Waals surface area contributed by atoms with Crippen molar-refractivity contribution < 1.29 is 14.7 Å². The SMILES string of the molecule is O=C(C[C@@H](NCCc1c[nH]c2ccccc12)C(=O)O)Nc1ccccc1. The number of para-hydroxylation sites is 2. The summed E-state index contributed by atoms with van der Waals surface area (Å²) in [4.78, 5) is 26.7. The maximum Gasteiger partial charge on any atom is 0.321 e. The zero-order valence-electron chi connectivity index (χ0n) is 14.2. The molecule has 134 valence electrons. The first-order chi connectivity index (χ1) is 12.6. The van der Waals surface area contributed by atoms with Crippen LogP contribution < -0.4 is 10.6 Å². The van der Waals surface area contributed by atoms with Gasteiger partial charge in [-0.1, -0.05) is 36.4 Å². The number of H-pyrrole nitrogens is 1. The number of aromatic nitrogens is 1. The molecule has 0 fully saturated rings. The van der Waals surface area contributed by atoms with Crippen molar-refractivity contribution in [1.82, 2.24) is 10.3 Å². The molecular weight excluding hydrogens is 330 g/mol. The summed E-state index contributed by atoms with van der Waals surface area (Å²) < 4.78 is 0. The number of anilines is 1. The fourth-order valence-corrected chi connectivity index (χ4v) is 2.89. The highest BCUT2D eigenvalue weighted by atomic mass is 16.4. The average molecular weight is 351 g/mol. The summed E-state index contributed by atoms with van der Waals surface area (Å²) in [5, 5.41) is 16.2. The van der Waals surface area contributed by atoms with Gasteiger partial charge in [-0.3, -0.25) is 9.59 Å². The predicted molar refractivity (Wildman–Crippen MR) is 101 cm³/mol. The molecule has 0 unspecified atom stereocenters. The van der Waals surface area contributed by atoms with Crippen LogP contribution in [0.4, 0.5) is 5.69 Å². The molecule has 2 aromatic carbocycles. The second-order valence-corrected chi connectivity index (χ2v) is 6.07. The smallest absolute Gasteiger partial charge is 0.321 e. The molecule has 1 atom stereocenters. The first kappa shape index (κ1) is 17.7. The molecule has 0 saturated carbocycles. The first-order valence-corrected chi connectivity index (χ1v) is 8.49. The Kier molecular flexibility index (Phi) is 5.66. The van der Waals surface area contributed by atoms with Crippen LogP contribution in [0, 0.1) is 0 Å². The van der Waals surface area contributed by atoms with Crippen molar-refractivity contribution in [3.63, 3.8) is 0 Å². The van der Waals surface area contributed by atoms with Crippen LogP contribution in [-0.4, -0.2) is 34.6 Å². The van der Waals surface area contributed by atoms with Gasteiger partial charge in [0.05, 0.1) is 6.42 Å². The van der Waals surface area contributed by atoms with Crippen molar-refractivity contribution in [2.24, 2.45) is 0 Å². The van der Waals surface area contributed by atoms with Crippen LogP contribution in [-0.2, 0) is 16.0 Å². The number of carboxylic acid groups (broad SMARTS) is 1. The zero-order chi connectivity index (χ0) is 18.4. The third kappa shape index (κ3) is 4.49. The highest BCUT2D eigenvalue weighted by molar-refractivity contribution is 5.94. The van der Waals surface area contributed by atoms with Crippen LogP contribution in [0.1, 0.15) is 12.0 Å². The number of carbonyl (C=O) groups excluding carboxylic acids is 1. The summed E-state index contributed by atoms with van der Waals surface area (Å²) in [6.07, 6.45) is 2.48. The molecule has 6 heteroatoms. The van der Waals surface area contributed by atoms with E-state index in [4.69, 9.17) is 0 Å². The van der Waals surface area contributed by atoms with Gasteiger partial charge in [0.25, 0.3) is 0 Å². The minimum atomic E-state index is -1.04. The Morgan fingerprint density at radius 3 is 2.54 bits per heavy atom. The van der Waals surface area contributed by atoms with Crippen LogP contribution in [0.25, 0.3) is 10.9 Å². The molecule has 1 heterocycles. The number of benzene rings is 2. The number of aromatic amines is 1. The molecule has 1 amide bonds. The molecule has 0 spiro atoms. The van der Waals surface area contributed by atoms with Crippen LogP contribution in [0.3, 0.4) is 0 Å². The summed E-state index contributed by atoms with van der Waals surface area (Å²) in [6, 6.07) is 16.0. The normalized spacial score (nSPS) is 12.0. The predicted octanol–water partition coefficient (Wildman–Crippen LogP) is 2.78. The molecule has 0 aliphatic carbocycles. The second kappa shape index (κ2) is 8.31. The molecule has 6 nitrogen and oxygen atoms in total. The first-order valence-electron chi connectivity index (χ1n) is 8.49. The molecule has 3 rings (SSSR count). The van der Waals surface area contributed by atoms with E-state index in [1.54, 1.807) is 12.1 Å². The number of nitrogens with one attached hydrogen (secondary N) is 3. The maximum atomic E-state index is 12.1. The minimum Gasteiger partial charge on any atom is -0.480 e. The van der Waals surface area contributed by atoms with E-state index in [2.05, 4.69) is 15.6 Å². The number of carboxylic acids is 1. The summed E-state index contributed by atoms with van der Waals surface area (Å²) >= 11 is 0. The minimum absolute atomic E-state index is 0.127. The van der Waals surface area contributed by atoms with E-state index < -0.39 is 12.0 Å². The van der Waals surface area contributed by atoms with E-state index in [1.165, 1.54) is 0 Å². The summed E-state index contributed by atoms with van der Waals surface area (Å²) in [5.74, 6) is -1.37. The highest BCUT2D eigenvalue weighted by Gasteiger charge is 2.20. The molecule has 1 aromatic heterocycles. The van der Waals surface area contributed by atoms with Crippen molar-refractivity contribution in [2.75, 3.05) is 11.9 Å². The van der Waals surface area contributed by atoms with Gasteiger partial charge in [0.15, 0.2) is 0 Å². The van der Waals surface area contributed by atoms with Gasteiger partial charge < -0.3 is 20.7 Å². The van der Waals surface area contributed by atoms with Crippen LogP contribution in [0.2, 0.25) is 0 Å². The van der Waals surface area contributed by atoms with Crippen LogP contribution in [0.15, 0.2) is 60.8 Å². The van der Waals surface area contributed by atoms with Gasteiger partial charge in [0, 0.05) is 29.3 Å². The van der Waals surface area contributed by atoms with Gasteiger partial charge in [-0.05, 0) is 30.2 Å². The lowest BCUT2D eigenvalue weighted by molar-refractivity contribution is -0.141. The molecule has 0 radical (unpaired) electrons. The maximum absolute atomic E-state index is 12.1. The molecule has 0 aliphatic heterocycles. The van der Waals surface area contributed by atoms with Crippen molar-refractivity contribution in [2.45, 2.75) is 18.9 Å². The standard InChI is InChI=1S/C20H21N3O3/c24-19(23-15-6-2-1-3-7-15)12-18(20(25)26)21-11-10-14-13-22-17-9-5-4-8-16(14)17/h1-9,13,18,21-22H,10-12H2,(H,23,24)(H,25,26)/t18-/m1/s1. The highest BCUT2D eigenvalue weighted by Crippen LogP contribution is 2.17. The zero-order valence-corrected chi connectivity index (χ0v) is 14.2. The average Bonchev–Trinajstić information content (AvgIpc) is 3.05. The fraction of sp³-hybridized carbons (Fsp3) is 0.200. The number of carbonyl (C=O) groups is 2. The summed E-state index contributed by atoms with van der Waals surface area (Å²) in [7, 11) is 0. The number of rotatable bonds is 8. The molecular formula is C20H21N3O3. The lowest BCUT2D eigenvalue weighted by Gasteiger charge is -2.14. The third-order valence-electron chi connectivity index (χ3n) is 4.21. The Balaban J connectivity index is 1.53. The van der Waals surface area contributed by atoms with E-state index in [0.717, 1.165) is 16.5 Å². The Hall–Kier alpha value is -3.12. The fourth-order valence-electron chi connectivity index (χ4n) is 2.89. The molecule has 26 heavy (non-hydrogen) atoms. The largest absolute Gasteiger partial charge is 0.480 e. The second-order valence-electron chi connectivity index (χ2n) is 6.07. The molecule has 0 aliphatic rings. The van der Waals surface area contributed by atoms with E-state index in [9.17, 15) is 14.7 Å². The van der Waals surface area contributed by atoms with E-state index >= 15 is 0 Å². The number of amides is 1. The van der Waals surface area contributed by atoms with Gasteiger partial charge in [0.1, 0.15) is 6.04 Å². The molecule has 3 aromatic rings. The lowest BCUT2D eigenvalue weighted by atomic mass is 10.1. The van der Waals surface area contributed by atoms with Crippen LogP contribution >= 0.6 is 0 Å². The number of aliphatic carboxylic acids is 1. The number of hydrogen-bond acceptors (Lipinski definition) is 3. The van der Waals surface area contributed by atoms with Gasteiger partial charge in [-0.25, -0.2) is 0 Å². The van der Waals surface area contributed by atoms with Crippen molar-refractivity contribution >= 4 is 28.5 Å². The van der Waals surface area contributed by atoms with E-state index in [0.29, 0.717) is 18.7 Å². The van der Waals surface area contributed by atoms with Crippen LogP contribution in [0.5, 0.6) is 0 Å². The Labute approximate surface area is 151 Å². The Morgan fingerprint density at radius 2 is 1.77 bits per heavy atom. The quantitative estimate of drug-likeness (QED) is 0.502. The van der Waals surface area contributed by atoms with Crippen molar-refractivity contribution in [3.8, 4) is 0 Å². The number of fused-ring (bicyclic) bond motifs is 1. The third-order valence-corrected chi connectivity index (χ3v) is 4.21. The van der Waals surface area contributed by atoms with E-state index in [-0.39, 0.29) is 12.3 Å². The molecule has 0 saturated heterocycles. The Morgan fingerprint density at radius 1 is 1.04 bits per heavy atom. The summed E-state index contributed by atoms with van der Waals surface area (Å²) in [6.45, 7) is 0.470. The van der Waals surface area contributed by atoms with Gasteiger partial charge >= 0.3 is 5.97 Å².